The Morgan fingerprint density at radius 2 is 1.87 bits per heavy atom. The summed E-state index contributed by atoms with van der Waals surface area (Å²) in [5.74, 6) is -0.319. The normalized spacial score (nSPS) is 16.7. The maximum absolute atomic E-state index is 13.1. The average molecular weight is 315 g/mol. The molecule has 4 nitrogen and oxygen atoms in total. The van der Waals surface area contributed by atoms with Gasteiger partial charge >= 0.3 is 0 Å². The van der Waals surface area contributed by atoms with Crippen molar-refractivity contribution < 1.29 is 4.39 Å². The molecule has 1 aromatic carbocycles. The third kappa shape index (κ3) is 3.28. The molecule has 1 aromatic heterocycles. The van der Waals surface area contributed by atoms with E-state index in [1.165, 1.54) is 36.1 Å². The summed E-state index contributed by atoms with van der Waals surface area (Å²) in [7, 11) is 0. The quantitative estimate of drug-likeness (QED) is 0.862. The average Bonchev–Trinajstić information content (AvgIpc) is 2.84. The molecule has 122 valence electrons. The van der Waals surface area contributed by atoms with Gasteiger partial charge in [-0.1, -0.05) is 19.3 Å². The van der Waals surface area contributed by atoms with E-state index < -0.39 is 0 Å². The number of rotatable bonds is 3. The highest BCUT2D eigenvalue weighted by Crippen LogP contribution is 2.21. The van der Waals surface area contributed by atoms with Crippen LogP contribution in [0.4, 0.5) is 4.39 Å². The van der Waals surface area contributed by atoms with E-state index in [0.29, 0.717) is 17.3 Å². The molecular weight excluding hydrogens is 293 g/mol. The lowest BCUT2D eigenvalue weighted by atomic mass is 9.96. The first-order chi connectivity index (χ1) is 11.1. The van der Waals surface area contributed by atoms with E-state index >= 15 is 0 Å². The number of aromatic nitrogens is 2. The lowest BCUT2D eigenvalue weighted by Crippen LogP contribution is -2.21. The molecule has 0 saturated heterocycles. The monoisotopic (exact) mass is 315 g/mol. The van der Waals surface area contributed by atoms with Crippen molar-refractivity contribution in [3.8, 4) is 5.69 Å². The molecule has 1 aliphatic carbocycles. The fraction of sp³-hybridized carbons (Fsp3) is 0.444. The van der Waals surface area contributed by atoms with Crippen LogP contribution in [0.25, 0.3) is 5.69 Å². The zero-order chi connectivity index (χ0) is 16.4. The molecule has 0 unspecified atom stereocenters. The van der Waals surface area contributed by atoms with E-state index in [2.05, 4.69) is 5.10 Å². The van der Waals surface area contributed by atoms with Gasteiger partial charge in [0.2, 0.25) is 0 Å². The van der Waals surface area contributed by atoms with Crippen molar-refractivity contribution in [2.24, 2.45) is 4.99 Å². The topological polar surface area (TPSA) is 50.1 Å². The second kappa shape index (κ2) is 6.52. The first-order valence-electron chi connectivity index (χ1n) is 8.18. The van der Waals surface area contributed by atoms with Crippen LogP contribution in [0.5, 0.6) is 0 Å². The zero-order valence-electron chi connectivity index (χ0n) is 13.6. The number of hydrogen-bond acceptors (Lipinski definition) is 2. The van der Waals surface area contributed by atoms with Crippen molar-refractivity contribution >= 4 is 5.71 Å². The van der Waals surface area contributed by atoms with Gasteiger partial charge in [0.15, 0.2) is 0 Å². The van der Waals surface area contributed by atoms with Gasteiger partial charge in [-0.25, -0.2) is 9.07 Å². The van der Waals surface area contributed by atoms with Crippen LogP contribution < -0.4 is 5.56 Å². The van der Waals surface area contributed by atoms with Crippen molar-refractivity contribution in [3.63, 3.8) is 0 Å². The van der Waals surface area contributed by atoms with Crippen LogP contribution >= 0.6 is 0 Å². The van der Waals surface area contributed by atoms with Crippen LogP contribution in [0.15, 0.2) is 34.1 Å². The first-order valence-corrected chi connectivity index (χ1v) is 8.18. The molecular formula is C18H22FN3O. The molecule has 23 heavy (non-hydrogen) atoms. The van der Waals surface area contributed by atoms with Crippen molar-refractivity contribution in [3.05, 3.63) is 51.7 Å². The van der Waals surface area contributed by atoms with Crippen LogP contribution in [-0.4, -0.2) is 21.5 Å². The highest BCUT2D eigenvalue weighted by molar-refractivity contribution is 5.99. The molecule has 0 aliphatic heterocycles. The molecule has 2 aromatic rings. The number of aliphatic imine (C=N–C) groups is 1. The molecule has 0 atom stereocenters. The number of aromatic amines is 1. The SMILES string of the molecule is CC(=NC1CCCCC1)c1c(C)[nH]n(-c2ccc(F)cc2)c1=O. The number of nitrogens with zero attached hydrogens (tertiary/aromatic N) is 2. The molecule has 1 aliphatic rings. The van der Waals surface area contributed by atoms with E-state index in [1.54, 1.807) is 12.1 Å². The van der Waals surface area contributed by atoms with Crippen LogP contribution in [-0.2, 0) is 0 Å². The number of nitrogens with one attached hydrogen (secondary N) is 1. The van der Waals surface area contributed by atoms with Gasteiger partial charge in [-0.05, 0) is 51.0 Å². The van der Waals surface area contributed by atoms with E-state index in [9.17, 15) is 9.18 Å². The highest BCUT2D eigenvalue weighted by atomic mass is 19.1. The smallest absolute Gasteiger partial charge is 0.280 e. The molecule has 1 fully saturated rings. The minimum Gasteiger partial charge on any atom is -0.295 e. The summed E-state index contributed by atoms with van der Waals surface area (Å²) in [6.07, 6.45) is 5.92. The molecule has 1 N–H and O–H groups in total. The van der Waals surface area contributed by atoms with E-state index in [1.807, 2.05) is 13.8 Å². The van der Waals surface area contributed by atoms with E-state index in [-0.39, 0.29) is 11.4 Å². The van der Waals surface area contributed by atoms with Gasteiger partial charge in [-0.2, -0.15) is 0 Å². The lowest BCUT2D eigenvalue weighted by molar-refractivity contribution is 0.443. The van der Waals surface area contributed by atoms with Gasteiger partial charge in [-0.3, -0.25) is 14.9 Å². The van der Waals surface area contributed by atoms with Crippen molar-refractivity contribution in [1.82, 2.24) is 9.78 Å². The second-order valence-electron chi connectivity index (χ2n) is 6.24. The lowest BCUT2D eigenvalue weighted by Gasteiger charge is -2.18. The first kappa shape index (κ1) is 15.7. The Kier molecular flexibility index (Phi) is 4.46. The molecule has 1 saturated carbocycles. The Balaban J connectivity index is 1.95. The zero-order valence-corrected chi connectivity index (χ0v) is 13.6. The number of hydrogen-bond donors (Lipinski definition) is 1. The minimum atomic E-state index is -0.319. The highest BCUT2D eigenvalue weighted by Gasteiger charge is 2.18. The predicted octanol–water partition coefficient (Wildman–Crippen LogP) is 3.75. The molecule has 0 radical (unpaired) electrons. The summed E-state index contributed by atoms with van der Waals surface area (Å²) in [4.78, 5) is 17.5. The summed E-state index contributed by atoms with van der Waals surface area (Å²) in [6, 6.07) is 6.20. The number of benzene rings is 1. The summed E-state index contributed by atoms with van der Waals surface area (Å²) in [5.41, 5.74) is 2.69. The maximum Gasteiger partial charge on any atom is 0.280 e. The Hall–Kier alpha value is -2.17. The predicted molar refractivity (Wildman–Crippen MR) is 90.2 cm³/mol. The standard InChI is InChI=1S/C18H22FN3O/c1-12(20-15-6-4-3-5-7-15)17-13(2)21-22(18(17)23)16-10-8-14(19)9-11-16/h8-11,15,21H,3-7H2,1-2H3. The van der Waals surface area contributed by atoms with Crippen molar-refractivity contribution in [2.75, 3.05) is 0 Å². The van der Waals surface area contributed by atoms with Gasteiger partial charge in [0.1, 0.15) is 5.82 Å². The number of H-pyrrole nitrogens is 1. The van der Waals surface area contributed by atoms with E-state index in [4.69, 9.17) is 4.99 Å². The van der Waals surface area contributed by atoms with E-state index in [0.717, 1.165) is 24.2 Å². The number of halogens is 1. The molecule has 5 heteroatoms. The Morgan fingerprint density at radius 1 is 1.22 bits per heavy atom. The Morgan fingerprint density at radius 3 is 2.52 bits per heavy atom. The van der Waals surface area contributed by atoms with Crippen molar-refractivity contribution in [1.29, 1.82) is 0 Å². The molecule has 0 spiro atoms. The fourth-order valence-electron chi connectivity index (χ4n) is 3.29. The molecule has 1 heterocycles. The van der Waals surface area contributed by atoms with Gasteiger partial charge < -0.3 is 0 Å². The van der Waals surface area contributed by atoms with Crippen molar-refractivity contribution in [2.45, 2.75) is 52.0 Å². The Labute approximate surface area is 135 Å². The summed E-state index contributed by atoms with van der Waals surface area (Å²) in [6.45, 7) is 3.78. The molecule has 0 bridgehead atoms. The summed E-state index contributed by atoms with van der Waals surface area (Å²) in [5, 5.41) is 3.07. The van der Waals surface area contributed by atoms with Gasteiger partial charge in [0.05, 0.1) is 17.3 Å². The van der Waals surface area contributed by atoms with Gasteiger partial charge in [0.25, 0.3) is 5.56 Å². The summed E-state index contributed by atoms with van der Waals surface area (Å²) >= 11 is 0. The van der Waals surface area contributed by atoms with Gasteiger partial charge in [-0.15, -0.1) is 0 Å². The van der Waals surface area contributed by atoms with Crippen LogP contribution in [0.1, 0.15) is 50.3 Å². The molecule has 0 amide bonds. The molecule has 3 rings (SSSR count). The second-order valence-corrected chi connectivity index (χ2v) is 6.24. The Bertz CT molecular complexity index is 765. The maximum atomic E-state index is 13.1. The number of aryl methyl sites for hydroxylation is 1. The fourth-order valence-corrected chi connectivity index (χ4v) is 3.29. The summed E-state index contributed by atoms with van der Waals surface area (Å²) < 4.78 is 14.5. The van der Waals surface area contributed by atoms with Crippen LogP contribution in [0.2, 0.25) is 0 Å². The third-order valence-electron chi connectivity index (χ3n) is 4.47. The third-order valence-corrected chi connectivity index (χ3v) is 4.47. The largest absolute Gasteiger partial charge is 0.295 e. The minimum absolute atomic E-state index is 0.133. The van der Waals surface area contributed by atoms with Crippen LogP contribution in [0, 0.1) is 12.7 Å². The van der Waals surface area contributed by atoms with Crippen LogP contribution in [0.3, 0.4) is 0 Å². The van der Waals surface area contributed by atoms with Gasteiger partial charge in [0, 0.05) is 11.4 Å².